The standard InChI is InChI=1S/C24H25N7O2/c1-30(2)14-18-7-6-17(13-26-18)27-23(32)22-20-10-15(5-8-21(20)29-22)16-9-19(12-25-11-16)28-24(33)31(3)4/h5-13H,14H2,1-4H3,(H,27,32)(H,28,33). The first-order chi connectivity index (χ1) is 15.8. The number of pyridine rings is 2. The summed E-state index contributed by atoms with van der Waals surface area (Å²) in [7, 11) is 7.29. The van der Waals surface area contributed by atoms with Gasteiger partial charge in [0.25, 0.3) is 5.91 Å². The summed E-state index contributed by atoms with van der Waals surface area (Å²) in [6.45, 7) is 0.728. The predicted molar refractivity (Wildman–Crippen MR) is 129 cm³/mol. The lowest BCUT2D eigenvalue weighted by molar-refractivity contribution is -0.110. The Morgan fingerprint density at radius 1 is 0.879 bits per heavy atom. The first-order valence-electron chi connectivity index (χ1n) is 10.4. The summed E-state index contributed by atoms with van der Waals surface area (Å²) in [4.78, 5) is 41.1. The average Bonchev–Trinajstić information content (AvgIpc) is 2.75. The number of urea groups is 1. The second kappa shape index (κ2) is 9.17. The Bertz CT molecular complexity index is 1230. The van der Waals surface area contributed by atoms with E-state index >= 15 is 0 Å². The van der Waals surface area contributed by atoms with Crippen LogP contribution in [0.5, 0.6) is 0 Å². The van der Waals surface area contributed by atoms with Crippen molar-refractivity contribution in [3.8, 4) is 11.1 Å². The summed E-state index contributed by atoms with van der Waals surface area (Å²) < 4.78 is 0. The third-order valence-corrected chi connectivity index (χ3v) is 4.99. The minimum atomic E-state index is -0.285. The molecule has 2 aromatic heterocycles. The van der Waals surface area contributed by atoms with Crippen molar-refractivity contribution in [2.75, 3.05) is 38.8 Å². The van der Waals surface area contributed by atoms with Crippen LogP contribution in [0.1, 0.15) is 11.3 Å². The lowest BCUT2D eigenvalue weighted by atomic mass is 9.96. The van der Waals surface area contributed by atoms with Crippen LogP contribution < -0.4 is 10.6 Å². The molecule has 0 bridgehead atoms. The molecule has 0 spiro atoms. The fourth-order valence-corrected chi connectivity index (χ4v) is 3.31. The molecule has 0 atom stereocenters. The first kappa shape index (κ1) is 22.1. The fourth-order valence-electron chi connectivity index (χ4n) is 3.31. The molecule has 1 aromatic carbocycles. The molecule has 168 valence electrons. The Kier molecular flexibility index (Phi) is 6.14. The van der Waals surface area contributed by atoms with Gasteiger partial charge < -0.3 is 20.4 Å². The molecule has 0 saturated heterocycles. The number of nitrogens with one attached hydrogen (secondary N) is 2. The number of benzene rings is 1. The molecular weight excluding hydrogens is 418 g/mol. The zero-order valence-corrected chi connectivity index (χ0v) is 19.0. The van der Waals surface area contributed by atoms with E-state index in [1.807, 2.05) is 55.4 Å². The van der Waals surface area contributed by atoms with Crippen LogP contribution in [0, 0.1) is 0 Å². The minimum absolute atomic E-state index is 0.235. The van der Waals surface area contributed by atoms with Gasteiger partial charge >= 0.3 is 6.03 Å². The molecule has 0 radical (unpaired) electrons. The molecule has 33 heavy (non-hydrogen) atoms. The number of fused-ring (bicyclic) bond motifs is 1. The smallest absolute Gasteiger partial charge is 0.321 e. The van der Waals surface area contributed by atoms with Crippen LogP contribution in [-0.2, 0) is 11.3 Å². The number of rotatable bonds is 6. The van der Waals surface area contributed by atoms with Gasteiger partial charge in [0, 0.05) is 38.0 Å². The maximum absolute atomic E-state index is 12.8. The zero-order valence-electron chi connectivity index (χ0n) is 19.0. The highest BCUT2D eigenvalue weighted by Gasteiger charge is 2.26. The van der Waals surface area contributed by atoms with Crippen molar-refractivity contribution in [2.45, 2.75) is 6.54 Å². The van der Waals surface area contributed by atoms with E-state index in [4.69, 9.17) is 0 Å². The van der Waals surface area contributed by atoms with Gasteiger partial charge in [-0.15, -0.1) is 0 Å². The number of carbonyl (C=O) groups excluding carboxylic acids is 2. The molecule has 0 unspecified atom stereocenters. The maximum atomic E-state index is 12.8. The molecule has 2 N–H and O–H groups in total. The number of carbonyl (C=O) groups is 2. The Morgan fingerprint density at radius 2 is 1.70 bits per heavy atom. The molecular formula is C24H25N7O2. The van der Waals surface area contributed by atoms with Crippen LogP contribution in [0.3, 0.4) is 0 Å². The normalized spacial score (nSPS) is 11.8. The van der Waals surface area contributed by atoms with Crippen molar-refractivity contribution in [1.82, 2.24) is 19.8 Å². The number of hydrogen-bond donors (Lipinski definition) is 2. The molecule has 1 aliphatic heterocycles. The van der Waals surface area contributed by atoms with Crippen LogP contribution in [0.2, 0.25) is 0 Å². The van der Waals surface area contributed by atoms with Gasteiger partial charge in [0.1, 0.15) is 5.71 Å². The molecule has 4 rings (SSSR count). The van der Waals surface area contributed by atoms with Crippen molar-refractivity contribution >= 4 is 34.7 Å². The molecule has 0 aliphatic carbocycles. The number of aliphatic imine (C=N–C) groups is 1. The van der Waals surface area contributed by atoms with Crippen molar-refractivity contribution in [1.29, 1.82) is 0 Å². The topological polar surface area (TPSA) is 103 Å². The molecule has 0 saturated carbocycles. The third-order valence-electron chi connectivity index (χ3n) is 4.99. The largest absolute Gasteiger partial charge is 0.331 e. The maximum Gasteiger partial charge on any atom is 0.321 e. The van der Waals surface area contributed by atoms with E-state index < -0.39 is 0 Å². The van der Waals surface area contributed by atoms with Gasteiger partial charge in [-0.3, -0.25) is 14.8 Å². The number of nitrogens with zero attached hydrogens (tertiary/aromatic N) is 5. The Morgan fingerprint density at radius 3 is 2.39 bits per heavy atom. The van der Waals surface area contributed by atoms with Gasteiger partial charge in [0.2, 0.25) is 0 Å². The Labute approximate surface area is 192 Å². The van der Waals surface area contributed by atoms with Crippen molar-refractivity contribution in [3.63, 3.8) is 0 Å². The molecule has 0 fully saturated rings. The van der Waals surface area contributed by atoms with Crippen LogP contribution in [0.25, 0.3) is 11.1 Å². The monoisotopic (exact) mass is 443 g/mol. The quantitative estimate of drug-likeness (QED) is 0.608. The number of amides is 3. The number of anilines is 2. The Balaban J connectivity index is 1.47. The van der Waals surface area contributed by atoms with Gasteiger partial charge in [-0.05, 0) is 50.0 Å². The van der Waals surface area contributed by atoms with Crippen molar-refractivity contribution < 1.29 is 9.59 Å². The average molecular weight is 444 g/mol. The molecule has 1 aliphatic rings. The van der Waals surface area contributed by atoms with Gasteiger partial charge in [0.15, 0.2) is 0 Å². The van der Waals surface area contributed by atoms with Gasteiger partial charge in [-0.25, -0.2) is 9.79 Å². The summed E-state index contributed by atoms with van der Waals surface area (Å²) in [6, 6.07) is 11.0. The summed E-state index contributed by atoms with van der Waals surface area (Å²) in [6.07, 6.45) is 4.94. The molecule has 9 nitrogen and oxygen atoms in total. The van der Waals surface area contributed by atoms with Gasteiger partial charge in [-0.2, -0.15) is 0 Å². The van der Waals surface area contributed by atoms with E-state index in [9.17, 15) is 9.59 Å². The summed E-state index contributed by atoms with van der Waals surface area (Å²) in [5, 5.41) is 5.64. The highest BCUT2D eigenvalue weighted by Crippen LogP contribution is 2.34. The fraction of sp³-hybridized carbons (Fsp3) is 0.208. The van der Waals surface area contributed by atoms with E-state index in [1.54, 1.807) is 32.7 Å². The van der Waals surface area contributed by atoms with Crippen LogP contribution in [-0.4, -0.2) is 65.6 Å². The number of aromatic nitrogens is 2. The molecule has 3 amide bonds. The molecule has 9 heteroatoms. The molecule has 3 heterocycles. The van der Waals surface area contributed by atoms with Crippen LogP contribution in [0.15, 0.2) is 60.0 Å². The second-order valence-corrected chi connectivity index (χ2v) is 8.21. The lowest BCUT2D eigenvalue weighted by Crippen LogP contribution is -2.27. The predicted octanol–water partition coefficient (Wildman–Crippen LogP) is 3.37. The van der Waals surface area contributed by atoms with E-state index in [1.165, 1.54) is 4.90 Å². The number of hydrogen-bond acceptors (Lipinski definition) is 6. The highest BCUT2D eigenvalue weighted by atomic mass is 16.2. The van der Waals surface area contributed by atoms with Gasteiger partial charge in [0.05, 0.1) is 35.1 Å². The zero-order chi connectivity index (χ0) is 23.5. The van der Waals surface area contributed by atoms with E-state index in [-0.39, 0.29) is 11.9 Å². The second-order valence-electron chi connectivity index (χ2n) is 8.21. The Hall–Kier alpha value is -4.11. The van der Waals surface area contributed by atoms with Gasteiger partial charge in [-0.1, -0.05) is 6.07 Å². The first-order valence-corrected chi connectivity index (χ1v) is 10.4. The summed E-state index contributed by atoms with van der Waals surface area (Å²) >= 11 is 0. The highest BCUT2D eigenvalue weighted by molar-refractivity contribution is 6.52. The van der Waals surface area contributed by atoms with E-state index in [2.05, 4.69) is 25.6 Å². The summed E-state index contributed by atoms with van der Waals surface area (Å²) in [5.74, 6) is -0.285. The minimum Gasteiger partial charge on any atom is -0.331 e. The van der Waals surface area contributed by atoms with Crippen molar-refractivity contribution in [3.05, 3.63) is 66.2 Å². The third kappa shape index (κ3) is 5.04. The van der Waals surface area contributed by atoms with Crippen LogP contribution in [0.4, 0.5) is 21.9 Å². The van der Waals surface area contributed by atoms with E-state index in [0.717, 1.165) is 34.6 Å². The summed E-state index contributed by atoms with van der Waals surface area (Å²) in [5.41, 5.74) is 5.71. The van der Waals surface area contributed by atoms with Crippen LogP contribution >= 0.6 is 0 Å². The van der Waals surface area contributed by atoms with E-state index in [0.29, 0.717) is 17.1 Å². The SMILES string of the molecule is CN(C)Cc1ccc(NC(=O)C2=Nc3ccc(-c4cncc(NC(=O)N(C)C)c4)cc32)cn1. The molecule has 3 aromatic rings. The van der Waals surface area contributed by atoms with Crippen molar-refractivity contribution in [2.24, 2.45) is 4.99 Å². The lowest BCUT2D eigenvalue weighted by Gasteiger charge is -2.19.